The number of nitrogens with two attached hydrogens (primary N) is 1. The van der Waals surface area contributed by atoms with Crippen molar-refractivity contribution in [3.63, 3.8) is 0 Å². The summed E-state index contributed by atoms with van der Waals surface area (Å²) in [5.74, 6) is 3.12. The van der Waals surface area contributed by atoms with Crippen molar-refractivity contribution in [2.24, 2.45) is 11.7 Å². The Morgan fingerprint density at radius 2 is 2.10 bits per heavy atom. The Morgan fingerprint density at radius 1 is 1.25 bits per heavy atom. The van der Waals surface area contributed by atoms with E-state index in [1.54, 1.807) is 0 Å². The first kappa shape index (κ1) is 13.8. The van der Waals surface area contributed by atoms with Crippen LogP contribution in [-0.4, -0.2) is 78.3 Å². The minimum Gasteiger partial charge on any atom is -0.374 e. The lowest BCUT2D eigenvalue weighted by Crippen LogP contribution is -2.67. The van der Waals surface area contributed by atoms with Crippen LogP contribution in [0.1, 0.15) is 19.3 Å². The molecule has 5 heteroatoms. The minimum absolute atomic E-state index is 0.175. The zero-order valence-corrected chi connectivity index (χ0v) is 13.1. The van der Waals surface area contributed by atoms with Crippen LogP contribution in [0.25, 0.3) is 0 Å². The minimum atomic E-state index is 0.175. The number of hydrogen-bond donors (Lipinski definition) is 1. The summed E-state index contributed by atoms with van der Waals surface area (Å²) in [5.41, 5.74) is 6.91. The van der Waals surface area contributed by atoms with Crippen LogP contribution in [0.5, 0.6) is 0 Å². The van der Waals surface area contributed by atoms with E-state index < -0.39 is 0 Å². The van der Waals surface area contributed by atoms with Crippen LogP contribution < -0.4 is 5.73 Å². The first-order valence-corrected chi connectivity index (χ1v) is 9.35. The Hall–Kier alpha value is 0.190. The largest absolute Gasteiger partial charge is 0.374 e. The average molecular weight is 297 g/mol. The predicted octanol–water partition coefficient (Wildman–Crippen LogP) is 0.616. The van der Waals surface area contributed by atoms with Crippen molar-refractivity contribution < 1.29 is 4.74 Å². The predicted molar refractivity (Wildman–Crippen MR) is 83.1 cm³/mol. The Morgan fingerprint density at radius 3 is 2.75 bits per heavy atom. The highest BCUT2D eigenvalue weighted by molar-refractivity contribution is 7.99. The van der Waals surface area contributed by atoms with Crippen LogP contribution in [0.2, 0.25) is 0 Å². The molecular weight excluding hydrogens is 270 g/mol. The van der Waals surface area contributed by atoms with Crippen LogP contribution in [0.15, 0.2) is 0 Å². The van der Waals surface area contributed by atoms with E-state index in [4.69, 9.17) is 10.5 Å². The van der Waals surface area contributed by atoms with Gasteiger partial charge in [0, 0.05) is 57.2 Å². The van der Waals surface area contributed by atoms with E-state index >= 15 is 0 Å². The lowest BCUT2D eigenvalue weighted by Gasteiger charge is -2.52. The lowest BCUT2D eigenvalue weighted by atomic mass is 9.78. The topological polar surface area (TPSA) is 41.7 Å². The van der Waals surface area contributed by atoms with Gasteiger partial charge in [0.25, 0.3) is 0 Å². The van der Waals surface area contributed by atoms with E-state index in [2.05, 4.69) is 21.6 Å². The van der Waals surface area contributed by atoms with Gasteiger partial charge in [0.15, 0.2) is 0 Å². The third-order valence-corrected chi connectivity index (χ3v) is 7.13. The molecule has 4 nitrogen and oxygen atoms in total. The van der Waals surface area contributed by atoms with Crippen molar-refractivity contribution in [3.8, 4) is 0 Å². The molecule has 5 rings (SSSR count). The van der Waals surface area contributed by atoms with E-state index in [1.807, 2.05) is 0 Å². The zero-order valence-electron chi connectivity index (χ0n) is 12.3. The smallest absolute Gasteiger partial charge is 0.0783 e. The Balaban J connectivity index is 1.44. The van der Waals surface area contributed by atoms with Crippen LogP contribution in [0.3, 0.4) is 0 Å². The van der Waals surface area contributed by atoms with Gasteiger partial charge in [0.1, 0.15) is 0 Å². The highest BCUT2D eigenvalue weighted by atomic mass is 32.2. The average Bonchev–Trinajstić information content (AvgIpc) is 2.95. The molecule has 2 N–H and O–H groups in total. The first-order valence-electron chi connectivity index (χ1n) is 8.19. The molecule has 5 aliphatic heterocycles. The van der Waals surface area contributed by atoms with E-state index in [1.165, 1.54) is 57.1 Å². The van der Waals surface area contributed by atoms with Crippen LogP contribution >= 0.6 is 11.8 Å². The van der Waals surface area contributed by atoms with E-state index in [-0.39, 0.29) is 5.60 Å². The molecule has 114 valence electrons. The standard InChI is InChI=1S/C15H27N3OS/c16-14(13-10-17-3-5-18(13)6-4-17)12-1-7-19-15(9-12)2-8-20-11-15/h12-14H,1-11,16H2. The number of nitrogens with zero attached hydrogens (tertiary/aromatic N) is 2. The van der Waals surface area contributed by atoms with Crippen molar-refractivity contribution in [1.29, 1.82) is 0 Å². The third kappa shape index (κ3) is 2.41. The summed E-state index contributed by atoms with van der Waals surface area (Å²) in [7, 11) is 0. The number of fused-ring (bicyclic) bond motifs is 3. The van der Waals surface area contributed by atoms with Gasteiger partial charge in [0.2, 0.25) is 0 Å². The molecule has 0 aromatic carbocycles. The molecule has 0 aromatic heterocycles. The fourth-order valence-corrected chi connectivity index (χ4v) is 5.97. The molecule has 5 saturated heterocycles. The molecule has 1 spiro atoms. The maximum absolute atomic E-state index is 6.73. The molecule has 0 aliphatic carbocycles. The van der Waals surface area contributed by atoms with E-state index in [9.17, 15) is 0 Å². The van der Waals surface area contributed by atoms with Crippen molar-refractivity contribution in [2.75, 3.05) is 50.8 Å². The fourth-order valence-electron chi connectivity index (χ4n) is 4.59. The summed E-state index contributed by atoms with van der Waals surface area (Å²) in [6, 6.07) is 0.927. The Labute approximate surface area is 126 Å². The number of piperazine rings is 3. The number of hydrogen-bond acceptors (Lipinski definition) is 5. The summed E-state index contributed by atoms with van der Waals surface area (Å²) in [4.78, 5) is 5.25. The normalized spacial score (nSPS) is 49.6. The molecule has 20 heavy (non-hydrogen) atoms. The first-order chi connectivity index (χ1) is 9.76. The molecular formula is C15H27N3OS. The van der Waals surface area contributed by atoms with Gasteiger partial charge in [0.05, 0.1) is 5.60 Å². The Bertz CT molecular complexity index is 353. The number of ether oxygens (including phenoxy) is 1. The van der Waals surface area contributed by atoms with Gasteiger partial charge in [-0.1, -0.05) is 0 Å². The molecule has 0 radical (unpaired) electrons. The monoisotopic (exact) mass is 297 g/mol. The van der Waals surface area contributed by atoms with Crippen LogP contribution in [-0.2, 0) is 4.74 Å². The zero-order chi connectivity index (χ0) is 13.6. The molecule has 0 saturated carbocycles. The fraction of sp³-hybridized carbons (Fsp3) is 1.00. The van der Waals surface area contributed by atoms with Gasteiger partial charge >= 0.3 is 0 Å². The molecule has 4 atom stereocenters. The van der Waals surface area contributed by atoms with E-state index in [0.717, 1.165) is 13.0 Å². The summed E-state index contributed by atoms with van der Waals surface area (Å²) < 4.78 is 6.16. The van der Waals surface area contributed by atoms with Crippen molar-refractivity contribution in [2.45, 2.75) is 36.9 Å². The maximum atomic E-state index is 6.73. The van der Waals surface area contributed by atoms with Gasteiger partial charge < -0.3 is 10.5 Å². The second-order valence-corrected chi connectivity index (χ2v) is 8.17. The summed E-state index contributed by atoms with van der Waals surface area (Å²) in [6.07, 6.45) is 3.60. The highest BCUT2D eigenvalue weighted by Gasteiger charge is 2.45. The molecule has 2 bridgehead atoms. The second kappa shape index (κ2) is 5.43. The van der Waals surface area contributed by atoms with Gasteiger partial charge in [-0.25, -0.2) is 0 Å². The molecule has 5 heterocycles. The van der Waals surface area contributed by atoms with Crippen LogP contribution in [0, 0.1) is 5.92 Å². The van der Waals surface area contributed by atoms with Crippen molar-refractivity contribution in [1.82, 2.24) is 9.80 Å². The summed E-state index contributed by atoms with van der Waals surface area (Å²) in [6.45, 7) is 7.07. The van der Waals surface area contributed by atoms with Gasteiger partial charge in [-0.15, -0.1) is 0 Å². The van der Waals surface area contributed by atoms with E-state index in [0.29, 0.717) is 18.0 Å². The van der Waals surface area contributed by atoms with Gasteiger partial charge in [-0.05, 0) is 30.9 Å². The SMILES string of the molecule is NC(C1CCOC2(CCSC2)C1)C1CN2CCN1CC2. The van der Waals surface area contributed by atoms with Crippen molar-refractivity contribution in [3.05, 3.63) is 0 Å². The molecule has 0 aromatic rings. The third-order valence-electron chi connectivity index (χ3n) is 5.91. The van der Waals surface area contributed by atoms with Gasteiger partial charge in [-0.3, -0.25) is 9.80 Å². The molecule has 4 unspecified atom stereocenters. The lowest BCUT2D eigenvalue weighted by molar-refractivity contribution is -0.0936. The van der Waals surface area contributed by atoms with Crippen molar-refractivity contribution >= 4 is 11.8 Å². The summed E-state index contributed by atoms with van der Waals surface area (Å²) in [5, 5.41) is 0. The summed E-state index contributed by atoms with van der Waals surface area (Å²) >= 11 is 2.06. The highest BCUT2D eigenvalue weighted by Crippen LogP contribution is 2.41. The van der Waals surface area contributed by atoms with Crippen LogP contribution in [0.4, 0.5) is 0 Å². The quantitative estimate of drug-likeness (QED) is 0.809. The number of rotatable bonds is 2. The van der Waals surface area contributed by atoms with Gasteiger partial charge in [-0.2, -0.15) is 11.8 Å². The second-order valence-electron chi connectivity index (χ2n) is 7.07. The Kier molecular flexibility index (Phi) is 3.75. The molecule has 5 fully saturated rings. The molecule has 0 amide bonds. The molecule has 5 aliphatic rings. The number of thioether (sulfide) groups is 1. The maximum Gasteiger partial charge on any atom is 0.0783 e.